The number of likely N-dealkylation sites (N-methyl/N-ethyl adjacent to an activating group) is 1. The Morgan fingerprint density at radius 3 is 3.08 bits per heavy atom. The third kappa shape index (κ3) is 5.40. The molecule has 1 atom stereocenters. The molecule has 0 amide bonds. The van der Waals surface area contributed by atoms with E-state index in [9.17, 15) is 0 Å². The van der Waals surface area contributed by atoms with Crippen molar-refractivity contribution >= 4 is 29.9 Å². The van der Waals surface area contributed by atoms with Gasteiger partial charge in [-0.1, -0.05) is 6.92 Å². The predicted octanol–water partition coefficient (Wildman–Crippen LogP) is 1.77. The first-order valence-corrected chi connectivity index (χ1v) is 8.47. The van der Waals surface area contributed by atoms with E-state index in [0.717, 1.165) is 24.5 Å². The van der Waals surface area contributed by atoms with Gasteiger partial charge in [0, 0.05) is 31.2 Å². The SMILES string of the molecule is CCN1CCCC1CNC(N)=NCc1ccnc(-n2ccnc2)c1.I. The van der Waals surface area contributed by atoms with E-state index in [-0.39, 0.29) is 24.0 Å². The molecule has 3 rings (SSSR count). The minimum absolute atomic E-state index is 0. The molecular formula is C17H26IN7. The molecule has 0 spiro atoms. The van der Waals surface area contributed by atoms with Crippen LogP contribution in [-0.2, 0) is 6.54 Å². The van der Waals surface area contributed by atoms with Crippen LogP contribution < -0.4 is 11.1 Å². The van der Waals surface area contributed by atoms with Gasteiger partial charge >= 0.3 is 0 Å². The Hall–Kier alpha value is -1.68. The van der Waals surface area contributed by atoms with Crippen molar-refractivity contribution in [3.8, 4) is 5.82 Å². The molecule has 1 fully saturated rings. The van der Waals surface area contributed by atoms with Gasteiger partial charge in [0.05, 0.1) is 6.54 Å². The minimum atomic E-state index is 0. The smallest absolute Gasteiger partial charge is 0.188 e. The van der Waals surface area contributed by atoms with Crippen LogP contribution in [0.2, 0.25) is 0 Å². The number of aromatic nitrogens is 3. The van der Waals surface area contributed by atoms with Gasteiger partial charge < -0.3 is 11.1 Å². The van der Waals surface area contributed by atoms with Gasteiger partial charge in [-0.3, -0.25) is 9.47 Å². The van der Waals surface area contributed by atoms with E-state index < -0.39 is 0 Å². The number of hydrogen-bond donors (Lipinski definition) is 2. The number of pyridine rings is 1. The van der Waals surface area contributed by atoms with E-state index in [1.165, 1.54) is 19.4 Å². The van der Waals surface area contributed by atoms with E-state index in [0.29, 0.717) is 18.5 Å². The number of nitrogens with two attached hydrogens (primary N) is 1. The number of imidazole rings is 1. The summed E-state index contributed by atoms with van der Waals surface area (Å²) >= 11 is 0. The number of rotatable bonds is 6. The molecule has 8 heteroatoms. The molecule has 1 aliphatic rings. The first kappa shape index (κ1) is 19.6. The molecule has 136 valence electrons. The zero-order valence-electron chi connectivity index (χ0n) is 14.5. The largest absolute Gasteiger partial charge is 0.370 e. The van der Waals surface area contributed by atoms with Crippen molar-refractivity contribution in [2.45, 2.75) is 32.4 Å². The van der Waals surface area contributed by atoms with Gasteiger partial charge in [0.25, 0.3) is 0 Å². The highest BCUT2D eigenvalue weighted by Crippen LogP contribution is 2.15. The van der Waals surface area contributed by atoms with Crippen LogP contribution in [0.4, 0.5) is 0 Å². The lowest BCUT2D eigenvalue weighted by atomic mass is 10.2. The molecule has 3 N–H and O–H groups in total. The summed E-state index contributed by atoms with van der Waals surface area (Å²) in [5, 5.41) is 3.26. The summed E-state index contributed by atoms with van der Waals surface area (Å²) in [6, 6.07) is 4.51. The topological polar surface area (TPSA) is 84.4 Å². The molecule has 1 saturated heterocycles. The summed E-state index contributed by atoms with van der Waals surface area (Å²) in [7, 11) is 0. The summed E-state index contributed by atoms with van der Waals surface area (Å²) < 4.78 is 1.87. The highest BCUT2D eigenvalue weighted by Gasteiger charge is 2.22. The van der Waals surface area contributed by atoms with Gasteiger partial charge in [0.2, 0.25) is 0 Å². The van der Waals surface area contributed by atoms with E-state index >= 15 is 0 Å². The maximum Gasteiger partial charge on any atom is 0.188 e. The van der Waals surface area contributed by atoms with Crippen molar-refractivity contribution in [2.24, 2.45) is 10.7 Å². The Morgan fingerprint density at radius 1 is 1.44 bits per heavy atom. The molecule has 0 saturated carbocycles. The van der Waals surface area contributed by atoms with Gasteiger partial charge in [-0.2, -0.15) is 0 Å². The quantitative estimate of drug-likeness (QED) is 0.394. The lowest BCUT2D eigenvalue weighted by Gasteiger charge is -2.23. The van der Waals surface area contributed by atoms with Gasteiger partial charge in [-0.25, -0.2) is 15.0 Å². The second-order valence-electron chi connectivity index (χ2n) is 6.00. The monoisotopic (exact) mass is 455 g/mol. The standard InChI is InChI=1S/C17H25N7.HI/c1-2-23-8-3-4-15(23)12-22-17(18)21-11-14-5-6-20-16(10-14)24-9-7-19-13-24;/h5-7,9-10,13,15H,2-4,8,11-12H2,1H3,(H3,18,21,22);1H. The lowest BCUT2D eigenvalue weighted by molar-refractivity contribution is 0.267. The second kappa shape index (κ2) is 9.71. The highest BCUT2D eigenvalue weighted by atomic mass is 127. The third-order valence-corrected chi connectivity index (χ3v) is 4.43. The Kier molecular flexibility index (Phi) is 7.63. The maximum atomic E-state index is 6.01. The molecule has 25 heavy (non-hydrogen) atoms. The number of nitrogens with one attached hydrogen (secondary N) is 1. The van der Waals surface area contributed by atoms with E-state index in [1.54, 1.807) is 18.7 Å². The van der Waals surface area contributed by atoms with Crippen molar-refractivity contribution in [1.29, 1.82) is 0 Å². The molecular weight excluding hydrogens is 429 g/mol. The lowest BCUT2D eigenvalue weighted by Crippen LogP contribution is -2.42. The zero-order valence-corrected chi connectivity index (χ0v) is 16.8. The van der Waals surface area contributed by atoms with Crippen LogP contribution in [0.3, 0.4) is 0 Å². The van der Waals surface area contributed by atoms with E-state index in [1.807, 2.05) is 22.9 Å². The van der Waals surface area contributed by atoms with Crippen LogP contribution in [0.15, 0.2) is 42.0 Å². The van der Waals surface area contributed by atoms with Gasteiger partial charge in [0.1, 0.15) is 12.1 Å². The Bertz CT molecular complexity index is 671. The fourth-order valence-electron chi connectivity index (χ4n) is 3.09. The molecule has 1 unspecified atom stereocenters. The summed E-state index contributed by atoms with van der Waals surface area (Å²) in [4.78, 5) is 15.3. The summed E-state index contributed by atoms with van der Waals surface area (Å²) in [6.07, 6.45) is 9.61. The molecule has 0 bridgehead atoms. The van der Waals surface area contributed by atoms with Gasteiger partial charge in [-0.05, 0) is 43.6 Å². The van der Waals surface area contributed by atoms with Gasteiger partial charge in [-0.15, -0.1) is 24.0 Å². The van der Waals surface area contributed by atoms with Crippen molar-refractivity contribution in [3.63, 3.8) is 0 Å². The molecule has 2 aromatic heterocycles. The Labute approximate surface area is 165 Å². The van der Waals surface area contributed by atoms with E-state index in [4.69, 9.17) is 5.73 Å². The first-order chi connectivity index (χ1) is 11.8. The first-order valence-electron chi connectivity index (χ1n) is 8.47. The maximum absolute atomic E-state index is 6.01. The fraction of sp³-hybridized carbons (Fsp3) is 0.471. The Balaban J connectivity index is 0.00000225. The zero-order chi connectivity index (χ0) is 16.8. The Morgan fingerprint density at radius 2 is 2.32 bits per heavy atom. The summed E-state index contributed by atoms with van der Waals surface area (Å²) in [5.41, 5.74) is 7.07. The van der Waals surface area contributed by atoms with Crippen LogP contribution in [0, 0.1) is 0 Å². The molecule has 0 radical (unpaired) electrons. The van der Waals surface area contributed by atoms with Crippen molar-refractivity contribution in [2.75, 3.05) is 19.6 Å². The van der Waals surface area contributed by atoms with Crippen LogP contribution in [0.1, 0.15) is 25.3 Å². The predicted molar refractivity (Wildman–Crippen MR) is 110 cm³/mol. The fourth-order valence-corrected chi connectivity index (χ4v) is 3.09. The number of guanidine groups is 1. The third-order valence-electron chi connectivity index (χ3n) is 4.43. The molecule has 0 aromatic carbocycles. The van der Waals surface area contributed by atoms with Crippen LogP contribution in [0.25, 0.3) is 5.82 Å². The number of aliphatic imine (C=N–C) groups is 1. The number of nitrogens with zero attached hydrogens (tertiary/aromatic N) is 5. The average Bonchev–Trinajstić information content (AvgIpc) is 3.29. The molecule has 7 nitrogen and oxygen atoms in total. The van der Waals surface area contributed by atoms with Crippen molar-refractivity contribution < 1.29 is 0 Å². The van der Waals surface area contributed by atoms with Crippen molar-refractivity contribution in [1.82, 2.24) is 24.8 Å². The number of likely N-dealkylation sites (tertiary alicyclic amines) is 1. The molecule has 2 aromatic rings. The second-order valence-corrected chi connectivity index (χ2v) is 6.00. The number of hydrogen-bond acceptors (Lipinski definition) is 4. The van der Waals surface area contributed by atoms with Crippen LogP contribution in [0.5, 0.6) is 0 Å². The number of halogens is 1. The summed E-state index contributed by atoms with van der Waals surface area (Å²) in [6.45, 7) is 5.88. The average molecular weight is 455 g/mol. The van der Waals surface area contributed by atoms with E-state index in [2.05, 4.69) is 32.1 Å². The molecule has 1 aliphatic heterocycles. The minimum Gasteiger partial charge on any atom is -0.370 e. The normalized spacial score (nSPS) is 18.1. The molecule has 3 heterocycles. The van der Waals surface area contributed by atoms with Gasteiger partial charge in [0.15, 0.2) is 5.96 Å². The van der Waals surface area contributed by atoms with Crippen LogP contribution in [-0.4, -0.2) is 51.1 Å². The summed E-state index contributed by atoms with van der Waals surface area (Å²) in [5.74, 6) is 1.33. The van der Waals surface area contributed by atoms with Crippen molar-refractivity contribution in [3.05, 3.63) is 42.6 Å². The van der Waals surface area contributed by atoms with Crippen LogP contribution >= 0.6 is 24.0 Å². The highest BCUT2D eigenvalue weighted by molar-refractivity contribution is 14.0. The molecule has 0 aliphatic carbocycles.